The van der Waals surface area contributed by atoms with Crippen molar-refractivity contribution in [2.75, 3.05) is 7.11 Å². The maximum Gasteiger partial charge on any atom is 0.421 e. The molecule has 88 valence electrons. The number of aryl methyl sites for hydroxylation is 1. The Morgan fingerprint density at radius 3 is 2.62 bits per heavy atom. The highest BCUT2D eigenvalue weighted by Crippen LogP contribution is 2.48. The molecule has 0 aromatic heterocycles. The minimum Gasteiger partial charge on any atom is -0.497 e. The molecule has 5 heteroatoms. The molecular weight excluding hydrogens is 221 g/mol. The number of rotatable bonds is 1. The fourth-order valence-corrected chi connectivity index (χ4v) is 2.05. The number of ether oxygens (including phenoxy) is 1. The average Bonchev–Trinajstić information content (AvgIpc) is 2.56. The molecule has 16 heavy (non-hydrogen) atoms. The first-order valence-corrected chi connectivity index (χ1v) is 4.85. The smallest absolute Gasteiger partial charge is 0.421 e. The van der Waals surface area contributed by atoms with Crippen LogP contribution in [0.5, 0.6) is 5.75 Å². The molecule has 1 atom stereocenters. The number of aliphatic hydroxyl groups is 1. The van der Waals surface area contributed by atoms with Crippen LogP contribution in [0.4, 0.5) is 13.2 Å². The summed E-state index contributed by atoms with van der Waals surface area (Å²) in [7, 11) is 1.45. The van der Waals surface area contributed by atoms with Crippen LogP contribution in [0.2, 0.25) is 0 Å². The number of hydrogen-bond donors (Lipinski definition) is 1. The lowest BCUT2D eigenvalue weighted by molar-refractivity contribution is -0.265. The zero-order chi connectivity index (χ0) is 12.0. The Balaban J connectivity index is 2.48. The van der Waals surface area contributed by atoms with Crippen LogP contribution in [-0.2, 0) is 12.0 Å². The van der Waals surface area contributed by atoms with Crippen LogP contribution in [0, 0.1) is 0 Å². The third-order valence-electron chi connectivity index (χ3n) is 2.98. The van der Waals surface area contributed by atoms with E-state index in [1.54, 1.807) is 6.07 Å². The highest BCUT2D eigenvalue weighted by Gasteiger charge is 2.57. The van der Waals surface area contributed by atoms with Crippen molar-refractivity contribution in [3.63, 3.8) is 0 Å². The van der Waals surface area contributed by atoms with E-state index < -0.39 is 11.8 Å². The fraction of sp³-hybridized carbons (Fsp3) is 0.455. The van der Waals surface area contributed by atoms with E-state index in [0.29, 0.717) is 11.3 Å². The van der Waals surface area contributed by atoms with E-state index >= 15 is 0 Å². The molecule has 0 spiro atoms. The highest BCUT2D eigenvalue weighted by atomic mass is 19.4. The third-order valence-corrected chi connectivity index (χ3v) is 2.98. The maximum atomic E-state index is 12.7. The van der Waals surface area contributed by atoms with Crippen molar-refractivity contribution >= 4 is 0 Å². The summed E-state index contributed by atoms with van der Waals surface area (Å²) in [6.07, 6.45) is -4.74. The largest absolute Gasteiger partial charge is 0.497 e. The zero-order valence-corrected chi connectivity index (χ0v) is 8.64. The first-order valence-electron chi connectivity index (χ1n) is 4.85. The molecule has 1 N–H and O–H groups in total. The molecule has 0 saturated carbocycles. The van der Waals surface area contributed by atoms with Gasteiger partial charge in [-0.25, -0.2) is 0 Å². The van der Waals surface area contributed by atoms with Gasteiger partial charge in [0.2, 0.25) is 0 Å². The Kier molecular flexibility index (Phi) is 2.38. The van der Waals surface area contributed by atoms with Crippen LogP contribution in [0.3, 0.4) is 0 Å². The van der Waals surface area contributed by atoms with Crippen molar-refractivity contribution in [2.45, 2.75) is 24.6 Å². The van der Waals surface area contributed by atoms with Crippen LogP contribution in [0.1, 0.15) is 17.5 Å². The Bertz CT molecular complexity index is 414. The van der Waals surface area contributed by atoms with Gasteiger partial charge in [0.05, 0.1) is 7.11 Å². The van der Waals surface area contributed by atoms with Gasteiger partial charge in [-0.1, -0.05) is 6.07 Å². The van der Waals surface area contributed by atoms with E-state index in [2.05, 4.69) is 0 Å². The van der Waals surface area contributed by atoms with Crippen LogP contribution < -0.4 is 4.74 Å². The van der Waals surface area contributed by atoms with Crippen LogP contribution in [-0.4, -0.2) is 18.4 Å². The lowest BCUT2D eigenvalue weighted by Crippen LogP contribution is -2.40. The van der Waals surface area contributed by atoms with Crippen molar-refractivity contribution in [3.05, 3.63) is 29.3 Å². The average molecular weight is 232 g/mol. The van der Waals surface area contributed by atoms with E-state index in [1.807, 2.05) is 0 Å². The number of benzene rings is 1. The minimum absolute atomic E-state index is 0.0548. The van der Waals surface area contributed by atoms with Gasteiger partial charge in [0.15, 0.2) is 5.60 Å². The summed E-state index contributed by atoms with van der Waals surface area (Å²) in [6, 6.07) is 4.26. The summed E-state index contributed by atoms with van der Waals surface area (Å²) in [5.41, 5.74) is -2.26. The summed E-state index contributed by atoms with van der Waals surface area (Å²) >= 11 is 0. The van der Waals surface area contributed by atoms with Gasteiger partial charge in [0.1, 0.15) is 5.75 Å². The molecule has 0 fully saturated rings. The van der Waals surface area contributed by atoms with Gasteiger partial charge in [-0.05, 0) is 36.1 Å². The SMILES string of the molecule is COc1ccc2c(c1)CCC2(O)C(F)(F)F. The van der Waals surface area contributed by atoms with E-state index in [9.17, 15) is 18.3 Å². The predicted octanol–water partition coefficient (Wildman–Crippen LogP) is 2.39. The van der Waals surface area contributed by atoms with Crippen molar-refractivity contribution < 1.29 is 23.0 Å². The quantitative estimate of drug-likeness (QED) is 0.805. The summed E-state index contributed by atoms with van der Waals surface area (Å²) in [4.78, 5) is 0. The van der Waals surface area contributed by atoms with Crippen molar-refractivity contribution in [1.82, 2.24) is 0 Å². The molecule has 1 aliphatic carbocycles. The normalized spacial score (nSPS) is 24.3. The molecule has 1 aromatic carbocycles. The number of alkyl halides is 3. The van der Waals surface area contributed by atoms with Gasteiger partial charge in [0, 0.05) is 0 Å². The molecule has 1 aliphatic rings. The summed E-state index contributed by atoms with van der Waals surface area (Å²) in [6.45, 7) is 0. The lowest BCUT2D eigenvalue weighted by Gasteiger charge is -2.26. The van der Waals surface area contributed by atoms with Crippen LogP contribution in [0.15, 0.2) is 18.2 Å². The Morgan fingerprint density at radius 2 is 2.06 bits per heavy atom. The molecule has 0 amide bonds. The first-order chi connectivity index (χ1) is 7.38. The number of halogens is 3. The highest BCUT2D eigenvalue weighted by molar-refractivity contribution is 5.43. The molecule has 2 nitrogen and oxygen atoms in total. The Labute approximate surface area is 90.7 Å². The van der Waals surface area contributed by atoms with Gasteiger partial charge in [-0.2, -0.15) is 13.2 Å². The molecule has 1 unspecified atom stereocenters. The Morgan fingerprint density at radius 1 is 1.38 bits per heavy atom. The Hall–Kier alpha value is -1.23. The molecular formula is C11H11F3O2. The molecule has 0 aliphatic heterocycles. The van der Waals surface area contributed by atoms with Crippen LogP contribution in [0.25, 0.3) is 0 Å². The zero-order valence-electron chi connectivity index (χ0n) is 8.64. The number of hydrogen-bond acceptors (Lipinski definition) is 2. The van der Waals surface area contributed by atoms with Crippen molar-refractivity contribution in [2.24, 2.45) is 0 Å². The summed E-state index contributed by atoms with van der Waals surface area (Å²) < 4.78 is 43.1. The second-order valence-electron chi connectivity index (χ2n) is 3.88. The minimum atomic E-state index is -4.63. The van der Waals surface area contributed by atoms with Gasteiger partial charge < -0.3 is 9.84 Å². The number of fused-ring (bicyclic) bond motifs is 1. The topological polar surface area (TPSA) is 29.5 Å². The standard InChI is InChI=1S/C11H11F3O2/c1-16-8-2-3-9-7(6-8)4-5-10(9,15)11(12,13)14/h2-3,6,15H,4-5H2,1H3. The second-order valence-corrected chi connectivity index (χ2v) is 3.88. The molecule has 1 aromatic rings. The third kappa shape index (κ3) is 1.46. The fourth-order valence-electron chi connectivity index (χ4n) is 2.05. The van der Waals surface area contributed by atoms with E-state index in [-0.39, 0.29) is 18.4 Å². The predicted molar refractivity (Wildman–Crippen MR) is 51.3 cm³/mol. The van der Waals surface area contributed by atoms with Crippen molar-refractivity contribution in [1.29, 1.82) is 0 Å². The number of methoxy groups -OCH3 is 1. The van der Waals surface area contributed by atoms with Gasteiger partial charge in [-0.15, -0.1) is 0 Å². The molecule has 2 rings (SSSR count). The lowest BCUT2D eigenvalue weighted by atomic mass is 9.95. The van der Waals surface area contributed by atoms with E-state index in [4.69, 9.17) is 4.74 Å². The van der Waals surface area contributed by atoms with Gasteiger partial charge in [-0.3, -0.25) is 0 Å². The molecule has 0 bridgehead atoms. The van der Waals surface area contributed by atoms with Crippen molar-refractivity contribution in [3.8, 4) is 5.75 Å². The van der Waals surface area contributed by atoms with Crippen LogP contribution >= 0.6 is 0 Å². The van der Waals surface area contributed by atoms with Gasteiger partial charge >= 0.3 is 6.18 Å². The van der Waals surface area contributed by atoms with Gasteiger partial charge in [0.25, 0.3) is 0 Å². The van der Waals surface area contributed by atoms with E-state index in [0.717, 1.165) is 0 Å². The molecule has 0 heterocycles. The molecule has 0 saturated heterocycles. The summed E-state index contributed by atoms with van der Waals surface area (Å²) in [5.74, 6) is 0.505. The molecule has 0 radical (unpaired) electrons. The monoisotopic (exact) mass is 232 g/mol. The second kappa shape index (κ2) is 3.38. The maximum absolute atomic E-state index is 12.7. The summed E-state index contributed by atoms with van der Waals surface area (Å²) in [5, 5.41) is 9.68. The van der Waals surface area contributed by atoms with E-state index in [1.165, 1.54) is 19.2 Å². The first kappa shape index (κ1) is 11.3.